The zero-order valence-electron chi connectivity index (χ0n) is 15.4. The minimum Gasteiger partial charge on any atom is -0.481 e. The van der Waals surface area contributed by atoms with Crippen molar-refractivity contribution in [2.45, 2.75) is 25.4 Å². The highest BCUT2D eigenvalue weighted by Gasteiger charge is 2.20. The maximum Gasteiger partial charge on any atom is 0.307 e. The van der Waals surface area contributed by atoms with E-state index in [2.05, 4.69) is 15.6 Å². The lowest BCUT2D eigenvalue weighted by molar-refractivity contribution is -0.136. The smallest absolute Gasteiger partial charge is 0.307 e. The summed E-state index contributed by atoms with van der Waals surface area (Å²) in [7, 11) is 0. The summed E-state index contributed by atoms with van der Waals surface area (Å²) in [4.78, 5) is 20.9. The minimum absolute atomic E-state index is 0.0167. The Morgan fingerprint density at radius 1 is 1.11 bits per heavy atom. The van der Waals surface area contributed by atoms with Gasteiger partial charge >= 0.3 is 5.97 Å². The first-order valence-electron chi connectivity index (χ1n) is 8.63. The van der Waals surface area contributed by atoms with E-state index < -0.39 is 5.97 Å². The maximum atomic E-state index is 11.5. The Bertz CT molecular complexity index is 1200. The van der Waals surface area contributed by atoms with Gasteiger partial charge < -0.3 is 5.11 Å². The molecule has 1 N–H and O–H groups in total. The molecule has 0 aliphatic carbocycles. The van der Waals surface area contributed by atoms with Crippen LogP contribution in [0.5, 0.6) is 0 Å². The lowest BCUT2D eigenvalue weighted by Gasteiger charge is -2.12. The average molecular weight is 377 g/mol. The molecule has 6 heteroatoms. The number of fused-ring (bicyclic) bond motifs is 2. The van der Waals surface area contributed by atoms with E-state index in [1.807, 2.05) is 56.5 Å². The molecule has 2 aromatic carbocycles. The molecule has 0 atom stereocenters. The molecular weight excluding hydrogens is 358 g/mol. The molecule has 0 radical (unpaired) electrons. The zero-order valence-corrected chi connectivity index (χ0v) is 16.2. The van der Waals surface area contributed by atoms with Crippen LogP contribution in [0.2, 0.25) is 0 Å². The van der Waals surface area contributed by atoms with Crippen LogP contribution in [-0.2, 0) is 11.2 Å². The lowest BCUT2D eigenvalue weighted by Crippen LogP contribution is -2.05. The van der Waals surface area contributed by atoms with Gasteiger partial charge in [0.25, 0.3) is 0 Å². The molecule has 0 saturated heterocycles. The van der Waals surface area contributed by atoms with Crippen molar-refractivity contribution in [3.63, 3.8) is 0 Å². The van der Waals surface area contributed by atoms with Crippen LogP contribution in [0.15, 0.2) is 47.6 Å². The Kier molecular flexibility index (Phi) is 4.36. The van der Waals surface area contributed by atoms with E-state index in [1.54, 1.807) is 0 Å². The molecule has 0 bridgehead atoms. The van der Waals surface area contributed by atoms with Crippen LogP contribution in [0.1, 0.15) is 16.8 Å². The predicted molar refractivity (Wildman–Crippen MR) is 109 cm³/mol. The number of aromatic nitrogens is 3. The summed E-state index contributed by atoms with van der Waals surface area (Å²) in [6, 6.07) is 14.0. The molecule has 0 aliphatic heterocycles. The van der Waals surface area contributed by atoms with Gasteiger partial charge in [0, 0.05) is 16.5 Å². The first kappa shape index (κ1) is 17.5. The van der Waals surface area contributed by atoms with Crippen molar-refractivity contribution in [2.24, 2.45) is 0 Å². The number of benzene rings is 2. The largest absolute Gasteiger partial charge is 0.481 e. The summed E-state index contributed by atoms with van der Waals surface area (Å²) < 4.78 is 2.07. The maximum absolute atomic E-state index is 11.5. The number of nitrogens with zero attached hydrogens (tertiary/aromatic N) is 3. The van der Waals surface area contributed by atoms with E-state index in [9.17, 15) is 9.90 Å². The van der Waals surface area contributed by atoms with E-state index in [4.69, 9.17) is 4.98 Å². The van der Waals surface area contributed by atoms with Crippen LogP contribution in [0.4, 0.5) is 0 Å². The molecule has 0 aliphatic rings. The second kappa shape index (κ2) is 6.70. The van der Waals surface area contributed by atoms with Gasteiger partial charge in [-0.15, -0.1) is 0 Å². The van der Waals surface area contributed by atoms with E-state index in [0.717, 1.165) is 44.4 Å². The molecule has 0 saturated carbocycles. The van der Waals surface area contributed by atoms with Crippen molar-refractivity contribution in [3.8, 4) is 5.82 Å². The van der Waals surface area contributed by atoms with Crippen molar-refractivity contribution in [1.82, 2.24) is 14.5 Å². The number of para-hydroxylation sites is 1. The molecule has 0 unspecified atom stereocenters. The topological polar surface area (TPSA) is 68.0 Å². The SMILES string of the molecule is CSc1nc(-n2c(C)c(CC(=O)O)c3cc(C)ccc32)c2ccccc2n1. The van der Waals surface area contributed by atoms with E-state index in [-0.39, 0.29) is 6.42 Å². The molecule has 0 spiro atoms. The third-order valence-electron chi connectivity index (χ3n) is 4.78. The summed E-state index contributed by atoms with van der Waals surface area (Å²) in [5, 5.41) is 12.0. The number of aryl methyl sites for hydroxylation is 1. The summed E-state index contributed by atoms with van der Waals surface area (Å²) in [5.74, 6) is -0.0519. The number of rotatable bonds is 4. The molecule has 0 amide bonds. The fourth-order valence-corrected chi connectivity index (χ4v) is 3.91. The molecule has 0 fully saturated rings. The third-order valence-corrected chi connectivity index (χ3v) is 5.32. The van der Waals surface area contributed by atoms with Gasteiger partial charge in [0.1, 0.15) is 5.82 Å². The van der Waals surface area contributed by atoms with Crippen molar-refractivity contribution >= 4 is 39.5 Å². The van der Waals surface area contributed by atoms with Crippen LogP contribution in [0.3, 0.4) is 0 Å². The summed E-state index contributed by atoms with van der Waals surface area (Å²) in [6.07, 6.45) is 1.94. The van der Waals surface area contributed by atoms with Gasteiger partial charge in [-0.25, -0.2) is 9.97 Å². The highest BCUT2D eigenvalue weighted by molar-refractivity contribution is 7.98. The van der Waals surface area contributed by atoms with Crippen LogP contribution < -0.4 is 0 Å². The molecular formula is C21H19N3O2S. The predicted octanol–water partition coefficient (Wildman–Crippen LogP) is 4.54. The quantitative estimate of drug-likeness (QED) is 0.418. The van der Waals surface area contributed by atoms with E-state index in [0.29, 0.717) is 5.16 Å². The molecule has 2 heterocycles. The third kappa shape index (κ3) is 2.96. The van der Waals surface area contributed by atoms with E-state index >= 15 is 0 Å². The summed E-state index contributed by atoms with van der Waals surface area (Å²) in [5.41, 5.74) is 4.66. The highest BCUT2D eigenvalue weighted by atomic mass is 32.2. The fraction of sp³-hybridized carbons (Fsp3) is 0.190. The van der Waals surface area contributed by atoms with Crippen molar-refractivity contribution in [1.29, 1.82) is 0 Å². The van der Waals surface area contributed by atoms with Crippen molar-refractivity contribution in [3.05, 3.63) is 59.3 Å². The highest BCUT2D eigenvalue weighted by Crippen LogP contribution is 2.33. The van der Waals surface area contributed by atoms with Gasteiger partial charge in [-0.05, 0) is 49.9 Å². The number of thioether (sulfide) groups is 1. The van der Waals surface area contributed by atoms with Crippen LogP contribution in [0.25, 0.3) is 27.6 Å². The molecule has 27 heavy (non-hydrogen) atoms. The van der Waals surface area contributed by atoms with Crippen LogP contribution >= 0.6 is 11.8 Å². The molecule has 136 valence electrons. The minimum atomic E-state index is -0.837. The molecule has 4 aromatic rings. The molecule has 2 aromatic heterocycles. The van der Waals surface area contributed by atoms with Gasteiger partial charge in [-0.2, -0.15) is 0 Å². The Hall–Kier alpha value is -2.86. The van der Waals surface area contributed by atoms with Gasteiger partial charge in [0.15, 0.2) is 5.16 Å². The van der Waals surface area contributed by atoms with Crippen molar-refractivity contribution < 1.29 is 9.90 Å². The monoisotopic (exact) mass is 377 g/mol. The first-order chi connectivity index (χ1) is 13.0. The first-order valence-corrected chi connectivity index (χ1v) is 9.85. The summed E-state index contributed by atoms with van der Waals surface area (Å²) in [6.45, 7) is 3.98. The number of hydrogen-bond acceptors (Lipinski definition) is 4. The van der Waals surface area contributed by atoms with Crippen LogP contribution in [-0.4, -0.2) is 31.9 Å². The molecule has 4 rings (SSSR count). The van der Waals surface area contributed by atoms with Gasteiger partial charge in [-0.1, -0.05) is 35.5 Å². The fourth-order valence-electron chi connectivity index (χ4n) is 3.55. The average Bonchev–Trinajstić information content (AvgIpc) is 2.91. The van der Waals surface area contributed by atoms with Crippen LogP contribution in [0, 0.1) is 13.8 Å². The van der Waals surface area contributed by atoms with Gasteiger partial charge in [-0.3, -0.25) is 9.36 Å². The Labute approximate surface area is 161 Å². The zero-order chi connectivity index (χ0) is 19.1. The second-order valence-corrected chi connectivity index (χ2v) is 7.31. The van der Waals surface area contributed by atoms with Gasteiger partial charge in [0.05, 0.1) is 17.5 Å². The number of carboxylic acid groups (broad SMARTS) is 1. The summed E-state index contributed by atoms with van der Waals surface area (Å²) >= 11 is 1.49. The Morgan fingerprint density at radius 3 is 2.63 bits per heavy atom. The number of hydrogen-bond donors (Lipinski definition) is 1. The van der Waals surface area contributed by atoms with Crippen molar-refractivity contribution in [2.75, 3.05) is 6.26 Å². The number of carboxylic acids is 1. The standard InChI is InChI=1S/C21H19N3O2S/c1-12-8-9-18-16(10-12)15(11-19(25)26)13(2)24(18)20-14-6-4-5-7-17(14)22-21(23-20)27-3/h4-10H,11H2,1-3H3,(H,25,26). The Balaban J connectivity index is 2.13. The second-order valence-electron chi connectivity index (χ2n) is 6.54. The molecule has 5 nitrogen and oxygen atoms in total. The van der Waals surface area contributed by atoms with E-state index in [1.165, 1.54) is 11.8 Å². The number of aliphatic carboxylic acids is 1. The lowest BCUT2D eigenvalue weighted by atomic mass is 10.1. The number of carbonyl (C=O) groups is 1. The Morgan fingerprint density at radius 2 is 1.89 bits per heavy atom. The normalized spacial score (nSPS) is 11.4. The van der Waals surface area contributed by atoms with Gasteiger partial charge in [0.2, 0.25) is 0 Å².